The summed E-state index contributed by atoms with van der Waals surface area (Å²) in [7, 11) is 3.00. The summed E-state index contributed by atoms with van der Waals surface area (Å²) in [6.45, 7) is 0. The van der Waals surface area contributed by atoms with Gasteiger partial charge in [-0.2, -0.15) is 0 Å². The summed E-state index contributed by atoms with van der Waals surface area (Å²) in [5.41, 5.74) is -0.263. The van der Waals surface area contributed by atoms with Crippen molar-refractivity contribution in [2.45, 2.75) is 17.9 Å². The van der Waals surface area contributed by atoms with Crippen molar-refractivity contribution in [3.8, 4) is 5.75 Å². The van der Waals surface area contributed by atoms with Crippen LogP contribution in [0.5, 0.6) is 5.75 Å². The van der Waals surface area contributed by atoms with Crippen molar-refractivity contribution < 1.29 is 19.0 Å². The highest BCUT2D eigenvalue weighted by Crippen LogP contribution is 2.51. The Hall–Kier alpha value is -1.62. The summed E-state index contributed by atoms with van der Waals surface area (Å²) in [5, 5.41) is 11.9. The molecular formula is C12H14FNO3. The average molecular weight is 239 g/mol. The Balaban J connectivity index is 2.27. The minimum atomic E-state index is -0.943. The van der Waals surface area contributed by atoms with Gasteiger partial charge >= 0.3 is 5.97 Å². The summed E-state index contributed by atoms with van der Waals surface area (Å²) >= 11 is 0. The number of ether oxygens (including phenoxy) is 1. The molecule has 1 fully saturated rings. The smallest absolute Gasteiger partial charge is 0.324 e. The molecule has 0 radical (unpaired) electrons. The number of hydrogen-bond donors (Lipinski definition) is 2. The van der Waals surface area contributed by atoms with E-state index in [4.69, 9.17) is 9.84 Å². The van der Waals surface area contributed by atoms with E-state index in [0.717, 1.165) is 0 Å². The molecule has 5 heteroatoms. The second kappa shape index (κ2) is 4.00. The molecule has 2 atom stereocenters. The molecule has 2 rings (SSSR count). The van der Waals surface area contributed by atoms with Crippen LogP contribution >= 0.6 is 0 Å². The van der Waals surface area contributed by atoms with Crippen LogP contribution in [0.15, 0.2) is 18.2 Å². The van der Waals surface area contributed by atoms with Crippen LogP contribution in [0.25, 0.3) is 0 Å². The van der Waals surface area contributed by atoms with Crippen molar-refractivity contribution in [2.75, 3.05) is 14.2 Å². The van der Waals surface area contributed by atoms with E-state index in [0.29, 0.717) is 12.0 Å². The topological polar surface area (TPSA) is 58.6 Å². The van der Waals surface area contributed by atoms with Gasteiger partial charge in [-0.15, -0.1) is 0 Å². The van der Waals surface area contributed by atoms with Gasteiger partial charge in [0.1, 0.15) is 5.54 Å². The molecule has 0 amide bonds. The van der Waals surface area contributed by atoms with Gasteiger partial charge in [0, 0.05) is 5.92 Å². The lowest BCUT2D eigenvalue weighted by atomic mass is 10.1. The molecule has 1 aliphatic carbocycles. The molecule has 0 bridgehead atoms. The lowest BCUT2D eigenvalue weighted by Gasteiger charge is -2.11. The molecule has 1 aliphatic rings. The molecule has 0 spiro atoms. The molecule has 17 heavy (non-hydrogen) atoms. The second-order valence-corrected chi connectivity index (χ2v) is 4.18. The zero-order valence-electron chi connectivity index (χ0n) is 9.66. The Morgan fingerprint density at radius 2 is 2.35 bits per heavy atom. The summed E-state index contributed by atoms with van der Waals surface area (Å²) in [6, 6.07) is 4.56. The predicted octanol–water partition coefficient (Wildman–Crippen LogP) is 1.36. The standard InChI is InChI=1S/C12H14FNO3/c1-14-12(11(15)16)6-8(12)7-3-4-10(17-2)9(13)5-7/h3-5,8,14H,6H2,1-2H3,(H,15,16). The van der Waals surface area contributed by atoms with E-state index in [1.807, 2.05) is 0 Å². The Bertz CT molecular complexity index is 463. The number of halogens is 1. The maximum absolute atomic E-state index is 13.5. The first-order valence-electron chi connectivity index (χ1n) is 5.31. The van der Waals surface area contributed by atoms with Gasteiger partial charge in [-0.1, -0.05) is 6.07 Å². The molecule has 0 aliphatic heterocycles. The third kappa shape index (κ3) is 1.76. The maximum Gasteiger partial charge on any atom is 0.324 e. The number of likely N-dealkylation sites (N-methyl/N-ethyl adjacent to an activating group) is 1. The Labute approximate surface area is 98.4 Å². The number of methoxy groups -OCH3 is 1. The van der Waals surface area contributed by atoms with Gasteiger partial charge in [0.05, 0.1) is 7.11 Å². The lowest BCUT2D eigenvalue weighted by molar-refractivity contribution is -0.140. The van der Waals surface area contributed by atoms with E-state index in [9.17, 15) is 9.18 Å². The van der Waals surface area contributed by atoms with Gasteiger partial charge in [-0.3, -0.25) is 4.79 Å². The first kappa shape index (κ1) is 11.9. The van der Waals surface area contributed by atoms with Crippen LogP contribution in [0.2, 0.25) is 0 Å². The monoisotopic (exact) mass is 239 g/mol. The van der Waals surface area contributed by atoms with Crippen molar-refractivity contribution >= 4 is 5.97 Å². The zero-order chi connectivity index (χ0) is 12.6. The summed E-state index contributed by atoms with van der Waals surface area (Å²) in [6.07, 6.45) is 0.477. The van der Waals surface area contributed by atoms with Gasteiger partial charge in [0.15, 0.2) is 11.6 Å². The van der Waals surface area contributed by atoms with Gasteiger partial charge < -0.3 is 15.2 Å². The highest BCUT2D eigenvalue weighted by molar-refractivity contribution is 5.85. The number of rotatable bonds is 4. The second-order valence-electron chi connectivity index (χ2n) is 4.18. The minimum Gasteiger partial charge on any atom is -0.494 e. The van der Waals surface area contributed by atoms with E-state index < -0.39 is 17.3 Å². The first-order valence-corrected chi connectivity index (χ1v) is 5.31. The Morgan fingerprint density at radius 1 is 1.65 bits per heavy atom. The number of carbonyl (C=O) groups is 1. The fourth-order valence-electron chi connectivity index (χ4n) is 2.18. The highest BCUT2D eigenvalue weighted by atomic mass is 19.1. The van der Waals surface area contributed by atoms with E-state index in [2.05, 4.69) is 5.32 Å². The third-order valence-electron chi connectivity index (χ3n) is 3.37. The normalized spacial score (nSPS) is 26.6. The number of aliphatic carboxylic acids is 1. The van der Waals surface area contributed by atoms with E-state index in [-0.39, 0.29) is 11.7 Å². The number of nitrogens with one attached hydrogen (secondary N) is 1. The molecule has 0 aromatic heterocycles. The van der Waals surface area contributed by atoms with Crippen molar-refractivity contribution in [3.63, 3.8) is 0 Å². The van der Waals surface area contributed by atoms with Crippen molar-refractivity contribution in [3.05, 3.63) is 29.6 Å². The minimum absolute atomic E-state index is 0.166. The number of carboxylic acid groups (broad SMARTS) is 1. The number of hydrogen-bond acceptors (Lipinski definition) is 3. The molecule has 2 N–H and O–H groups in total. The molecule has 0 saturated heterocycles. The molecule has 2 unspecified atom stereocenters. The fourth-order valence-corrected chi connectivity index (χ4v) is 2.18. The first-order chi connectivity index (χ1) is 8.05. The average Bonchev–Trinajstić information content (AvgIpc) is 3.05. The molecule has 4 nitrogen and oxygen atoms in total. The highest BCUT2D eigenvalue weighted by Gasteiger charge is 2.60. The van der Waals surface area contributed by atoms with Gasteiger partial charge in [0.25, 0.3) is 0 Å². The van der Waals surface area contributed by atoms with Crippen LogP contribution in [-0.4, -0.2) is 30.8 Å². The van der Waals surface area contributed by atoms with Crippen LogP contribution < -0.4 is 10.1 Å². The van der Waals surface area contributed by atoms with Gasteiger partial charge in [-0.25, -0.2) is 4.39 Å². The van der Waals surface area contributed by atoms with Gasteiger partial charge in [-0.05, 0) is 31.2 Å². The molecule has 1 aromatic carbocycles. The summed E-state index contributed by atoms with van der Waals surface area (Å²) < 4.78 is 18.3. The molecule has 0 heterocycles. The fraction of sp³-hybridized carbons (Fsp3) is 0.417. The molecule has 92 valence electrons. The van der Waals surface area contributed by atoms with Crippen molar-refractivity contribution in [2.24, 2.45) is 0 Å². The predicted molar refractivity (Wildman–Crippen MR) is 59.7 cm³/mol. The van der Waals surface area contributed by atoms with E-state index in [1.165, 1.54) is 19.2 Å². The third-order valence-corrected chi connectivity index (χ3v) is 3.37. The van der Waals surface area contributed by atoms with Crippen LogP contribution in [0.4, 0.5) is 4.39 Å². The Morgan fingerprint density at radius 3 is 2.76 bits per heavy atom. The molecule has 1 aromatic rings. The quantitative estimate of drug-likeness (QED) is 0.833. The van der Waals surface area contributed by atoms with Crippen LogP contribution in [0.1, 0.15) is 17.9 Å². The van der Waals surface area contributed by atoms with Crippen molar-refractivity contribution in [1.82, 2.24) is 5.32 Å². The van der Waals surface area contributed by atoms with Crippen LogP contribution in [0.3, 0.4) is 0 Å². The Kier molecular flexibility index (Phi) is 2.79. The van der Waals surface area contributed by atoms with Crippen LogP contribution in [-0.2, 0) is 4.79 Å². The van der Waals surface area contributed by atoms with E-state index >= 15 is 0 Å². The van der Waals surface area contributed by atoms with Gasteiger partial charge in [0.2, 0.25) is 0 Å². The molecular weight excluding hydrogens is 225 g/mol. The SMILES string of the molecule is CNC1(C(=O)O)CC1c1ccc(OC)c(F)c1. The van der Waals surface area contributed by atoms with Crippen LogP contribution in [0, 0.1) is 5.82 Å². The lowest BCUT2D eigenvalue weighted by Crippen LogP contribution is -2.38. The zero-order valence-corrected chi connectivity index (χ0v) is 9.66. The largest absolute Gasteiger partial charge is 0.494 e. The molecule has 1 saturated carbocycles. The maximum atomic E-state index is 13.5. The number of carboxylic acids is 1. The number of benzene rings is 1. The van der Waals surface area contributed by atoms with Crippen molar-refractivity contribution in [1.29, 1.82) is 0 Å². The van der Waals surface area contributed by atoms with E-state index in [1.54, 1.807) is 13.1 Å². The summed E-state index contributed by atoms with van der Waals surface area (Å²) in [4.78, 5) is 11.1. The summed E-state index contributed by atoms with van der Waals surface area (Å²) in [5.74, 6) is -1.39.